The van der Waals surface area contributed by atoms with Crippen molar-refractivity contribution in [1.82, 2.24) is 20.2 Å². The van der Waals surface area contributed by atoms with E-state index in [-0.39, 0.29) is 18.1 Å². The lowest BCUT2D eigenvalue weighted by atomic mass is 10.0. The largest absolute Gasteiger partial charge is 0.456 e. The summed E-state index contributed by atoms with van der Waals surface area (Å²) in [6.45, 7) is 6.04. The minimum atomic E-state index is -1.70. The van der Waals surface area contributed by atoms with Crippen LogP contribution in [0.15, 0.2) is 33.7 Å². The van der Waals surface area contributed by atoms with Crippen LogP contribution in [0.3, 0.4) is 0 Å². The van der Waals surface area contributed by atoms with Gasteiger partial charge in [0.05, 0.1) is 0 Å². The van der Waals surface area contributed by atoms with Crippen LogP contribution in [0.25, 0.3) is 0 Å². The molecule has 4 aliphatic rings. The summed E-state index contributed by atoms with van der Waals surface area (Å²) in [7, 11) is 1.31. The Kier molecular flexibility index (Phi) is 17.7. The molecule has 3 amide bonds. The van der Waals surface area contributed by atoms with Crippen LogP contribution in [0, 0.1) is 0 Å². The summed E-state index contributed by atoms with van der Waals surface area (Å²) < 4.78 is 43.4. The first-order valence-electron chi connectivity index (χ1n) is 21.8. The van der Waals surface area contributed by atoms with Crippen molar-refractivity contribution < 1.29 is 52.3 Å². The number of aromatic amines is 1. The van der Waals surface area contributed by atoms with Crippen molar-refractivity contribution in [2.75, 3.05) is 13.7 Å². The number of carbonyl (C=O) groups excluding carboxylic acids is 4. The maximum atomic E-state index is 13.5. The number of nitrogens with zero attached hydrogens (tertiary/aromatic N) is 1. The molecular formula is C42H65N5O13. The van der Waals surface area contributed by atoms with Crippen molar-refractivity contribution in [2.24, 2.45) is 5.73 Å². The van der Waals surface area contributed by atoms with E-state index in [1.165, 1.54) is 70.7 Å². The first kappa shape index (κ1) is 47.0. The number of rotatable bonds is 23. The Morgan fingerprint density at radius 1 is 0.950 bits per heavy atom. The lowest BCUT2D eigenvalue weighted by molar-refractivity contribution is -0.241. The molecule has 5 rings (SSSR count). The predicted molar refractivity (Wildman–Crippen MR) is 216 cm³/mol. The summed E-state index contributed by atoms with van der Waals surface area (Å²) in [6.07, 6.45) is 9.04. The molecule has 5 heterocycles. The van der Waals surface area contributed by atoms with Crippen LogP contribution >= 0.6 is 0 Å². The molecule has 0 bridgehead atoms. The fraction of sp³-hybridized carbons (Fsp3) is 0.762. The topological polar surface area (TPSA) is 238 Å². The summed E-state index contributed by atoms with van der Waals surface area (Å²) >= 11 is 0. The quantitative estimate of drug-likeness (QED) is 0.0916. The van der Waals surface area contributed by atoms with E-state index in [0.29, 0.717) is 19.4 Å². The Morgan fingerprint density at radius 3 is 2.25 bits per heavy atom. The van der Waals surface area contributed by atoms with Gasteiger partial charge in [-0.2, -0.15) is 0 Å². The normalized spacial score (nSPS) is 27.8. The molecule has 18 nitrogen and oxygen atoms in total. The predicted octanol–water partition coefficient (Wildman–Crippen LogP) is 3.26. The molecule has 1 aromatic rings. The highest BCUT2D eigenvalue weighted by Gasteiger charge is 2.56. The van der Waals surface area contributed by atoms with Crippen LogP contribution in [0.1, 0.15) is 136 Å². The third-order valence-corrected chi connectivity index (χ3v) is 11.3. The number of ether oxygens (including phenoxy) is 7. The zero-order valence-corrected chi connectivity index (χ0v) is 35.5. The van der Waals surface area contributed by atoms with Gasteiger partial charge in [-0.15, -0.1) is 0 Å². The van der Waals surface area contributed by atoms with E-state index in [2.05, 4.69) is 22.5 Å². The number of hydrogen-bond acceptors (Lipinski definition) is 13. The third kappa shape index (κ3) is 13.0. The highest BCUT2D eigenvalue weighted by molar-refractivity contribution is 5.95. The molecule has 0 aromatic carbocycles. The van der Waals surface area contributed by atoms with E-state index in [1.807, 2.05) is 0 Å². The molecular weight excluding hydrogens is 782 g/mol. The molecule has 0 unspecified atom stereocenters. The number of methoxy groups -OCH3 is 1. The van der Waals surface area contributed by atoms with Gasteiger partial charge in [-0.25, -0.2) is 4.79 Å². The van der Waals surface area contributed by atoms with Gasteiger partial charge in [-0.05, 0) is 45.6 Å². The highest BCUT2D eigenvalue weighted by atomic mass is 16.8. The Bertz CT molecular complexity index is 1750. The standard InChI is InChI=1S/C42H65N5O13/c1-5-6-7-8-9-10-11-12-13-14-15-16-17-21-30(49)56-35-32(54-4)33(57-39(35)47-24-22-29(48)46-41(47)53)34(36(43)50)58-40-31-27(59-42(2,3)60-31)25-28(55-40)38(52)45-26-20-18-19-23-44-37(26)51/h22,24-27,31-35,39-40H,5-21,23H2,1-4H3,(H2,43,50)(H,44,51)(H,45,52)(H,46,48,53)/t26-,27-,31-,32+,33-,34+,35+,39+,40+/m0/s1. The number of amides is 3. The minimum Gasteiger partial charge on any atom is -0.456 e. The fourth-order valence-corrected chi connectivity index (χ4v) is 8.18. The second-order valence-corrected chi connectivity index (χ2v) is 16.5. The molecule has 9 atom stereocenters. The van der Waals surface area contributed by atoms with Crippen molar-refractivity contribution in [3.63, 3.8) is 0 Å². The number of hydrogen-bond donors (Lipinski definition) is 4. The number of nitrogens with two attached hydrogens (primary N) is 1. The average molecular weight is 848 g/mol. The number of carbonyl (C=O) groups is 4. The summed E-state index contributed by atoms with van der Waals surface area (Å²) in [6, 6.07) is 0.297. The van der Waals surface area contributed by atoms with Crippen LogP contribution < -0.4 is 27.6 Å². The second kappa shape index (κ2) is 22.7. The van der Waals surface area contributed by atoms with Gasteiger partial charge in [0, 0.05) is 32.3 Å². The number of esters is 1. The third-order valence-electron chi connectivity index (χ3n) is 11.3. The van der Waals surface area contributed by atoms with Crippen LogP contribution in [0.2, 0.25) is 0 Å². The van der Waals surface area contributed by atoms with E-state index in [9.17, 15) is 28.8 Å². The highest BCUT2D eigenvalue weighted by Crippen LogP contribution is 2.40. The smallest absolute Gasteiger partial charge is 0.330 e. The first-order valence-corrected chi connectivity index (χ1v) is 21.8. The molecule has 60 heavy (non-hydrogen) atoms. The van der Waals surface area contributed by atoms with Gasteiger partial charge in [0.15, 0.2) is 36.1 Å². The summed E-state index contributed by atoms with van der Waals surface area (Å²) in [5, 5.41) is 5.48. The number of fused-ring (bicyclic) bond motifs is 1. The summed E-state index contributed by atoms with van der Waals surface area (Å²) in [4.78, 5) is 80.0. The molecule has 3 fully saturated rings. The van der Waals surface area contributed by atoms with Crippen LogP contribution in [-0.2, 0) is 52.3 Å². The fourth-order valence-electron chi connectivity index (χ4n) is 8.18. The van der Waals surface area contributed by atoms with Gasteiger partial charge in [-0.1, -0.05) is 84.0 Å². The molecule has 5 N–H and O–H groups in total. The minimum absolute atomic E-state index is 0.0875. The van der Waals surface area contributed by atoms with E-state index >= 15 is 0 Å². The van der Waals surface area contributed by atoms with Gasteiger partial charge < -0.3 is 49.5 Å². The number of unbranched alkanes of at least 4 members (excludes halogenated alkanes) is 12. The van der Waals surface area contributed by atoms with E-state index in [0.717, 1.165) is 49.2 Å². The molecule has 0 aliphatic carbocycles. The molecule has 0 saturated carbocycles. The Balaban J connectivity index is 1.26. The van der Waals surface area contributed by atoms with E-state index < -0.39 is 90.0 Å². The van der Waals surface area contributed by atoms with Crippen molar-refractivity contribution in [3.05, 3.63) is 44.9 Å². The zero-order valence-electron chi connectivity index (χ0n) is 35.5. The number of H-pyrrole nitrogens is 1. The van der Waals surface area contributed by atoms with Gasteiger partial charge in [0.1, 0.15) is 24.4 Å². The Hall–Kier alpha value is -4.10. The number of primary amides is 1. The summed E-state index contributed by atoms with van der Waals surface area (Å²) in [5.41, 5.74) is 4.41. The first-order chi connectivity index (χ1) is 28.8. The molecule has 18 heteroatoms. The zero-order chi connectivity index (χ0) is 43.2. The molecule has 0 radical (unpaired) electrons. The monoisotopic (exact) mass is 847 g/mol. The summed E-state index contributed by atoms with van der Waals surface area (Å²) in [5.74, 6) is -4.05. The molecule has 4 aliphatic heterocycles. The lowest BCUT2D eigenvalue weighted by Crippen LogP contribution is -2.54. The average Bonchev–Trinajstić information content (AvgIpc) is 3.63. The van der Waals surface area contributed by atoms with Crippen molar-refractivity contribution in [1.29, 1.82) is 0 Å². The van der Waals surface area contributed by atoms with Gasteiger partial charge in [0.2, 0.25) is 18.1 Å². The van der Waals surface area contributed by atoms with E-state index in [4.69, 9.17) is 38.9 Å². The van der Waals surface area contributed by atoms with Crippen molar-refractivity contribution >= 4 is 23.7 Å². The number of aromatic nitrogens is 2. The maximum Gasteiger partial charge on any atom is 0.330 e. The van der Waals surface area contributed by atoms with Gasteiger partial charge in [0.25, 0.3) is 11.5 Å². The van der Waals surface area contributed by atoms with Crippen LogP contribution in [-0.4, -0.2) is 102 Å². The Morgan fingerprint density at radius 2 is 1.62 bits per heavy atom. The van der Waals surface area contributed by atoms with Crippen molar-refractivity contribution in [3.8, 4) is 0 Å². The van der Waals surface area contributed by atoms with Crippen LogP contribution in [0.4, 0.5) is 0 Å². The van der Waals surface area contributed by atoms with Crippen LogP contribution in [0.5, 0.6) is 0 Å². The van der Waals surface area contributed by atoms with Crippen molar-refractivity contribution in [2.45, 2.75) is 191 Å². The SMILES string of the molecule is CCCCCCCCCCCCCCCC(=O)O[C@@H]1[C@H](OC)[C@@H]([C@@H](O[C@H]2OC(C(=O)N[C@H]3CCCCNC3=O)=C[C@@H]3OC(C)(C)O[C@H]23)C(N)=O)O[C@H]1n1ccc(=O)[nH]c1=O. The Labute approximate surface area is 350 Å². The van der Waals surface area contributed by atoms with E-state index in [1.54, 1.807) is 13.8 Å². The molecule has 336 valence electrons. The maximum absolute atomic E-state index is 13.5. The lowest BCUT2D eigenvalue weighted by Gasteiger charge is -2.35. The number of nitrogens with one attached hydrogen (secondary N) is 3. The molecule has 1 aromatic heterocycles. The van der Waals surface area contributed by atoms with Gasteiger partial charge >= 0.3 is 11.7 Å². The van der Waals surface area contributed by atoms with Gasteiger partial charge in [-0.3, -0.25) is 33.5 Å². The second-order valence-electron chi connectivity index (χ2n) is 16.5. The molecule has 3 saturated heterocycles. The molecule has 0 spiro atoms.